The Morgan fingerprint density at radius 3 is 3.00 bits per heavy atom. The summed E-state index contributed by atoms with van der Waals surface area (Å²) in [6.45, 7) is 0. The van der Waals surface area contributed by atoms with Gasteiger partial charge in [0.2, 0.25) is 0 Å². The van der Waals surface area contributed by atoms with E-state index in [0.717, 1.165) is 12.8 Å². The highest BCUT2D eigenvalue weighted by Crippen LogP contribution is 2.21. The number of rotatable bonds is 5. The lowest BCUT2D eigenvalue weighted by Crippen LogP contribution is -2.29. The molecule has 0 fully saturated rings. The smallest absolute Gasteiger partial charge is 0.146 e. The van der Waals surface area contributed by atoms with E-state index in [1.54, 1.807) is 23.6 Å². The van der Waals surface area contributed by atoms with Crippen molar-refractivity contribution in [1.82, 2.24) is 10.4 Å². The van der Waals surface area contributed by atoms with E-state index < -0.39 is 0 Å². The zero-order valence-corrected chi connectivity index (χ0v) is 10.1. The third-order valence-electron chi connectivity index (χ3n) is 2.68. The van der Waals surface area contributed by atoms with Crippen molar-refractivity contribution in [3.8, 4) is 0 Å². The fraction of sp³-hybridized carbons (Fsp3) is 0.250. The molecule has 1 atom stereocenters. The molecule has 90 valence electrons. The van der Waals surface area contributed by atoms with Crippen molar-refractivity contribution < 1.29 is 4.39 Å². The number of pyridine rings is 1. The number of nitrogens with zero attached hydrogens (tertiary/aromatic N) is 1. The van der Waals surface area contributed by atoms with Crippen LogP contribution in [0.4, 0.5) is 4.39 Å². The number of aromatic nitrogens is 1. The third kappa shape index (κ3) is 3.09. The molecule has 0 spiro atoms. The minimum Gasteiger partial charge on any atom is -0.271 e. The van der Waals surface area contributed by atoms with E-state index in [4.69, 9.17) is 5.84 Å². The molecule has 0 aromatic carbocycles. The van der Waals surface area contributed by atoms with Gasteiger partial charge in [-0.1, -0.05) is 0 Å². The van der Waals surface area contributed by atoms with E-state index in [9.17, 15) is 4.39 Å². The Balaban J connectivity index is 2.04. The van der Waals surface area contributed by atoms with Crippen LogP contribution in [0.5, 0.6) is 0 Å². The van der Waals surface area contributed by atoms with Gasteiger partial charge in [-0.15, -0.1) is 0 Å². The van der Waals surface area contributed by atoms with E-state index in [2.05, 4.69) is 21.9 Å². The molecule has 0 aliphatic carbocycles. The molecule has 2 rings (SSSR count). The maximum Gasteiger partial charge on any atom is 0.146 e. The lowest BCUT2D eigenvalue weighted by molar-refractivity contribution is 0.483. The lowest BCUT2D eigenvalue weighted by Gasteiger charge is -2.16. The lowest BCUT2D eigenvalue weighted by atomic mass is 10.0. The first-order valence-electron chi connectivity index (χ1n) is 5.38. The third-order valence-corrected chi connectivity index (χ3v) is 3.41. The normalized spacial score (nSPS) is 12.6. The summed E-state index contributed by atoms with van der Waals surface area (Å²) in [4.78, 5) is 3.73. The van der Waals surface area contributed by atoms with E-state index in [1.807, 2.05) is 5.38 Å². The van der Waals surface area contributed by atoms with Crippen molar-refractivity contribution >= 4 is 11.3 Å². The van der Waals surface area contributed by atoms with Crippen LogP contribution in [0.25, 0.3) is 0 Å². The molecule has 0 saturated heterocycles. The highest BCUT2D eigenvalue weighted by molar-refractivity contribution is 7.07. The van der Waals surface area contributed by atoms with Gasteiger partial charge in [0.25, 0.3) is 0 Å². The van der Waals surface area contributed by atoms with Gasteiger partial charge in [-0.3, -0.25) is 16.3 Å². The average Bonchev–Trinajstić information content (AvgIpc) is 2.85. The molecule has 0 amide bonds. The molecule has 2 aromatic rings. The summed E-state index contributed by atoms with van der Waals surface area (Å²) in [6.07, 6.45) is 4.42. The molecule has 2 heterocycles. The van der Waals surface area contributed by atoms with Gasteiger partial charge in [-0.25, -0.2) is 4.39 Å². The van der Waals surface area contributed by atoms with Crippen molar-refractivity contribution in [2.24, 2.45) is 5.84 Å². The van der Waals surface area contributed by atoms with Gasteiger partial charge in [0.05, 0.1) is 6.20 Å². The molecule has 2 aromatic heterocycles. The van der Waals surface area contributed by atoms with Crippen molar-refractivity contribution in [2.45, 2.75) is 18.9 Å². The number of thiophene rings is 1. The molecule has 0 radical (unpaired) electrons. The Morgan fingerprint density at radius 2 is 2.35 bits per heavy atom. The molecule has 5 heteroatoms. The van der Waals surface area contributed by atoms with Gasteiger partial charge in [0.1, 0.15) is 5.82 Å². The standard InChI is InChI=1S/C12H14FN3S/c13-11-7-15-5-3-10(11)12(16-14)2-1-9-4-6-17-8-9/h3-8,12,16H,1-2,14H2. The molecule has 0 bridgehead atoms. The summed E-state index contributed by atoms with van der Waals surface area (Å²) >= 11 is 1.66. The molecule has 3 nitrogen and oxygen atoms in total. The van der Waals surface area contributed by atoms with Gasteiger partial charge >= 0.3 is 0 Å². The molecule has 0 aliphatic rings. The van der Waals surface area contributed by atoms with Crippen LogP contribution in [0.1, 0.15) is 23.6 Å². The Bertz CT molecular complexity index is 459. The number of nitrogens with two attached hydrogens (primary N) is 1. The first-order chi connectivity index (χ1) is 8.31. The van der Waals surface area contributed by atoms with Crippen molar-refractivity contribution in [2.75, 3.05) is 0 Å². The van der Waals surface area contributed by atoms with E-state index >= 15 is 0 Å². The minimum atomic E-state index is -0.319. The largest absolute Gasteiger partial charge is 0.271 e. The highest BCUT2D eigenvalue weighted by atomic mass is 32.1. The number of nitrogens with one attached hydrogen (secondary N) is 1. The SMILES string of the molecule is NNC(CCc1ccsc1)c1ccncc1F. The van der Waals surface area contributed by atoms with Crippen LogP contribution in [-0.2, 0) is 6.42 Å². The summed E-state index contributed by atoms with van der Waals surface area (Å²) in [5.74, 6) is 5.16. The Morgan fingerprint density at radius 1 is 1.47 bits per heavy atom. The maximum absolute atomic E-state index is 13.5. The summed E-state index contributed by atoms with van der Waals surface area (Å²) in [6, 6.07) is 3.55. The maximum atomic E-state index is 13.5. The van der Waals surface area contributed by atoms with E-state index in [0.29, 0.717) is 5.56 Å². The summed E-state index contributed by atoms with van der Waals surface area (Å²) in [5, 5.41) is 4.13. The predicted octanol–water partition coefficient (Wildman–Crippen LogP) is 2.42. The van der Waals surface area contributed by atoms with Crippen LogP contribution in [0.3, 0.4) is 0 Å². The van der Waals surface area contributed by atoms with Crippen LogP contribution in [0.2, 0.25) is 0 Å². The topological polar surface area (TPSA) is 50.9 Å². The van der Waals surface area contributed by atoms with E-state index in [1.165, 1.54) is 11.8 Å². The fourth-order valence-corrected chi connectivity index (χ4v) is 2.45. The summed E-state index contributed by atoms with van der Waals surface area (Å²) < 4.78 is 13.5. The zero-order chi connectivity index (χ0) is 12.1. The number of halogens is 1. The Labute approximate surface area is 103 Å². The average molecular weight is 251 g/mol. The quantitative estimate of drug-likeness (QED) is 0.634. The second-order valence-corrected chi connectivity index (χ2v) is 4.57. The predicted molar refractivity (Wildman–Crippen MR) is 66.9 cm³/mol. The molecule has 0 aliphatic heterocycles. The number of hydrogen-bond acceptors (Lipinski definition) is 4. The molecular formula is C12H14FN3S. The number of aryl methyl sites for hydroxylation is 1. The Kier molecular flexibility index (Phi) is 4.19. The van der Waals surface area contributed by atoms with Gasteiger partial charge < -0.3 is 0 Å². The van der Waals surface area contributed by atoms with Gasteiger partial charge in [-0.05, 0) is 41.3 Å². The minimum absolute atomic E-state index is 0.183. The first kappa shape index (κ1) is 12.2. The summed E-state index contributed by atoms with van der Waals surface area (Å²) in [7, 11) is 0. The van der Waals surface area contributed by atoms with Crippen LogP contribution >= 0.6 is 11.3 Å². The van der Waals surface area contributed by atoms with Crippen molar-refractivity contribution in [3.63, 3.8) is 0 Å². The van der Waals surface area contributed by atoms with Gasteiger partial charge in [-0.2, -0.15) is 11.3 Å². The molecule has 0 saturated carbocycles. The fourth-order valence-electron chi connectivity index (χ4n) is 1.74. The summed E-state index contributed by atoms with van der Waals surface area (Å²) in [5.41, 5.74) is 4.48. The molecular weight excluding hydrogens is 237 g/mol. The highest BCUT2D eigenvalue weighted by Gasteiger charge is 2.14. The van der Waals surface area contributed by atoms with Crippen LogP contribution in [0.15, 0.2) is 35.3 Å². The monoisotopic (exact) mass is 251 g/mol. The second kappa shape index (κ2) is 5.86. The van der Waals surface area contributed by atoms with Crippen LogP contribution < -0.4 is 11.3 Å². The van der Waals surface area contributed by atoms with E-state index in [-0.39, 0.29) is 11.9 Å². The Hall–Kier alpha value is -1.30. The van der Waals surface area contributed by atoms with Crippen LogP contribution in [-0.4, -0.2) is 4.98 Å². The number of hydrogen-bond donors (Lipinski definition) is 2. The second-order valence-electron chi connectivity index (χ2n) is 3.79. The van der Waals surface area contributed by atoms with Crippen LogP contribution in [0, 0.1) is 5.82 Å². The number of hydrazine groups is 1. The zero-order valence-electron chi connectivity index (χ0n) is 9.27. The van der Waals surface area contributed by atoms with Crippen molar-refractivity contribution in [1.29, 1.82) is 0 Å². The van der Waals surface area contributed by atoms with Gasteiger partial charge in [0, 0.05) is 17.8 Å². The molecule has 1 unspecified atom stereocenters. The molecule has 17 heavy (non-hydrogen) atoms. The first-order valence-corrected chi connectivity index (χ1v) is 6.32. The molecule has 3 N–H and O–H groups in total. The van der Waals surface area contributed by atoms with Gasteiger partial charge in [0.15, 0.2) is 0 Å². The van der Waals surface area contributed by atoms with Crippen molar-refractivity contribution in [3.05, 3.63) is 52.2 Å².